The molecular formula is C14H23NO3Si. The second-order valence-corrected chi connectivity index (χ2v) is 10.8. The normalized spacial score (nSPS) is 12.1. The third-order valence-corrected chi connectivity index (χ3v) is 3.36. The van der Waals surface area contributed by atoms with Crippen molar-refractivity contribution in [3.05, 3.63) is 11.8 Å². The first-order valence-electron chi connectivity index (χ1n) is 6.29. The molecule has 1 N–H and O–H groups in total. The van der Waals surface area contributed by atoms with E-state index in [1.807, 2.05) is 0 Å². The van der Waals surface area contributed by atoms with Gasteiger partial charge in [-0.25, -0.2) is 4.79 Å². The lowest BCUT2D eigenvalue weighted by Crippen LogP contribution is -2.17. The monoisotopic (exact) mass is 281 g/mol. The molecule has 0 aromatic rings. The fourth-order valence-electron chi connectivity index (χ4n) is 1.09. The predicted octanol–water partition coefficient (Wildman–Crippen LogP) is 2.79. The second kappa shape index (κ2) is 9.40. The zero-order chi connectivity index (χ0) is 14.7. The van der Waals surface area contributed by atoms with Crippen molar-refractivity contribution in [2.24, 2.45) is 4.99 Å². The molecule has 0 aliphatic carbocycles. The highest BCUT2D eigenvalue weighted by Gasteiger charge is 2.09. The van der Waals surface area contributed by atoms with Crippen molar-refractivity contribution < 1.29 is 14.6 Å². The maximum Gasteiger partial charge on any atom is 0.342 e. The van der Waals surface area contributed by atoms with Gasteiger partial charge in [0.1, 0.15) is 5.57 Å². The van der Waals surface area contributed by atoms with Crippen molar-refractivity contribution in [2.75, 3.05) is 13.7 Å². The van der Waals surface area contributed by atoms with Crippen molar-refractivity contribution in [1.29, 1.82) is 0 Å². The Balaban J connectivity index is 3.89. The Morgan fingerprint density at radius 3 is 2.58 bits per heavy atom. The van der Waals surface area contributed by atoms with Gasteiger partial charge in [-0.15, -0.1) is 11.8 Å². The third-order valence-electron chi connectivity index (χ3n) is 2.12. The van der Waals surface area contributed by atoms with Crippen LogP contribution in [0.3, 0.4) is 0 Å². The summed E-state index contributed by atoms with van der Waals surface area (Å²) in [6.07, 6.45) is 3.66. The highest BCUT2D eigenvalue weighted by molar-refractivity contribution is 6.76. The Bertz CT molecular complexity index is 397. The molecule has 0 saturated carbocycles. The van der Waals surface area contributed by atoms with Crippen molar-refractivity contribution in [3.63, 3.8) is 0 Å². The van der Waals surface area contributed by atoms with Crippen molar-refractivity contribution in [2.45, 2.75) is 38.5 Å². The van der Waals surface area contributed by atoms with E-state index in [2.05, 4.69) is 41.2 Å². The number of rotatable bonds is 6. The molecular weight excluding hydrogens is 258 g/mol. The van der Waals surface area contributed by atoms with Crippen LogP contribution < -0.4 is 0 Å². The first-order valence-corrected chi connectivity index (χ1v) is 9.99. The summed E-state index contributed by atoms with van der Waals surface area (Å²) in [5.74, 6) is 5.73. The first kappa shape index (κ1) is 17.5. The molecule has 106 valence electrons. The quantitative estimate of drug-likeness (QED) is 0.155. The lowest BCUT2D eigenvalue weighted by Gasteiger charge is -2.09. The van der Waals surface area contributed by atoms with Gasteiger partial charge in [0.05, 0.1) is 21.4 Å². The Hall–Kier alpha value is -1.54. The van der Waals surface area contributed by atoms with Gasteiger partial charge in [-0.05, 0) is 6.42 Å². The molecule has 19 heavy (non-hydrogen) atoms. The number of hydrogen-bond acceptors (Lipinski definition) is 4. The van der Waals surface area contributed by atoms with E-state index in [9.17, 15) is 4.79 Å². The SMILES string of the molecule is COC(=O)/C(C=NCCCC#CC[Si](C)(C)C)=C/O. The van der Waals surface area contributed by atoms with E-state index in [-0.39, 0.29) is 5.57 Å². The van der Waals surface area contributed by atoms with Crippen LogP contribution in [0.5, 0.6) is 0 Å². The number of methoxy groups -OCH3 is 1. The molecule has 0 saturated heterocycles. The van der Waals surface area contributed by atoms with Crippen LogP contribution in [0.15, 0.2) is 16.8 Å². The van der Waals surface area contributed by atoms with E-state index >= 15 is 0 Å². The number of esters is 1. The van der Waals surface area contributed by atoms with E-state index in [0.717, 1.165) is 18.9 Å². The second-order valence-electron chi connectivity index (χ2n) is 5.31. The maximum absolute atomic E-state index is 11.1. The van der Waals surface area contributed by atoms with Crippen LogP contribution in [0, 0.1) is 11.8 Å². The van der Waals surface area contributed by atoms with E-state index in [4.69, 9.17) is 5.11 Å². The highest BCUT2D eigenvalue weighted by atomic mass is 28.3. The van der Waals surface area contributed by atoms with Gasteiger partial charge < -0.3 is 9.84 Å². The van der Waals surface area contributed by atoms with E-state index in [0.29, 0.717) is 12.8 Å². The summed E-state index contributed by atoms with van der Waals surface area (Å²) >= 11 is 0. The average molecular weight is 281 g/mol. The summed E-state index contributed by atoms with van der Waals surface area (Å²) in [5.41, 5.74) is 0.0484. The van der Waals surface area contributed by atoms with Crippen LogP contribution in [-0.4, -0.2) is 39.0 Å². The van der Waals surface area contributed by atoms with Crippen LogP contribution in [-0.2, 0) is 9.53 Å². The first-order chi connectivity index (χ1) is 8.90. The number of carbonyl (C=O) groups is 1. The maximum atomic E-state index is 11.1. The Kier molecular flexibility index (Phi) is 8.63. The predicted molar refractivity (Wildman–Crippen MR) is 81.2 cm³/mol. The molecule has 4 nitrogen and oxygen atoms in total. The minimum absolute atomic E-state index is 0.0484. The number of aliphatic hydroxyl groups is 1. The molecule has 0 amide bonds. The van der Waals surface area contributed by atoms with Gasteiger partial charge >= 0.3 is 5.97 Å². The van der Waals surface area contributed by atoms with Crippen molar-refractivity contribution in [1.82, 2.24) is 0 Å². The largest absolute Gasteiger partial charge is 0.515 e. The molecule has 0 aromatic carbocycles. The number of nitrogens with zero attached hydrogens (tertiary/aromatic N) is 1. The molecule has 0 unspecified atom stereocenters. The molecule has 0 spiro atoms. The molecule has 5 heteroatoms. The topological polar surface area (TPSA) is 58.9 Å². The highest BCUT2D eigenvalue weighted by Crippen LogP contribution is 2.05. The molecule has 0 bridgehead atoms. The number of carbonyl (C=O) groups excluding carboxylic acids is 1. The molecule has 0 fully saturated rings. The minimum Gasteiger partial charge on any atom is -0.515 e. The smallest absolute Gasteiger partial charge is 0.342 e. The summed E-state index contributed by atoms with van der Waals surface area (Å²) in [7, 11) is 0.199. The number of aliphatic imine (C=N–C) groups is 1. The van der Waals surface area contributed by atoms with E-state index in [1.54, 1.807) is 0 Å². The Labute approximate surface area is 116 Å². The van der Waals surface area contributed by atoms with Gasteiger partial charge in [0.25, 0.3) is 0 Å². The molecule has 0 heterocycles. The number of hydrogen-bond donors (Lipinski definition) is 1. The molecule has 0 radical (unpaired) electrons. The number of ether oxygens (including phenoxy) is 1. The van der Waals surface area contributed by atoms with Gasteiger partial charge in [-0.1, -0.05) is 19.6 Å². The Morgan fingerprint density at radius 1 is 1.37 bits per heavy atom. The summed E-state index contributed by atoms with van der Waals surface area (Å²) in [4.78, 5) is 15.1. The minimum atomic E-state index is -1.06. The number of aliphatic hydroxyl groups excluding tert-OH is 1. The zero-order valence-corrected chi connectivity index (χ0v) is 13.2. The molecule has 0 rings (SSSR count). The van der Waals surface area contributed by atoms with E-state index < -0.39 is 14.0 Å². The van der Waals surface area contributed by atoms with Gasteiger partial charge in [-0.2, -0.15) is 0 Å². The molecule has 0 aliphatic rings. The standard InChI is InChI=1S/C14H23NO3Si/c1-18-14(17)13(12-16)11-15-9-7-5-6-8-10-19(2,3)4/h11-12,16H,5,7,9-10H2,1-4H3/b13-12+,15-11?. The third kappa shape index (κ3) is 10.1. The fourth-order valence-corrected chi connectivity index (χ4v) is 1.75. The van der Waals surface area contributed by atoms with Gasteiger partial charge in [0.2, 0.25) is 0 Å². The van der Waals surface area contributed by atoms with E-state index in [1.165, 1.54) is 13.3 Å². The summed E-state index contributed by atoms with van der Waals surface area (Å²) in [6.45, 7) is 7.46. The molecule has 0 aromatic heterocycles. The molecule has 0 aliphatic heterocycles. The van der Waals surface area contributed by atoms with Crippen molar-refractivity contribution >= 4 is 20.3 Å². The average Bonchev–Trinajstić information content (AvgIpc) is 2.35. The Morgan fingerprint density at radius 2 is 2.05 bits per heavy atom. The summed E-state index contributed by atoms with van der Waals surface area (Å²) < 4.78 is 4.47. The van der Waals surface area contributed by atoms with Gasteiger partial charge in [0.15, 0.2) is 0 Å². The lowest BCUT2D eigenvalue weighted by atomic mass is 10.3. The fraction of sp³-hybridized carbons (Fsp3) is 0.571. The lowest BCUT2D eigenvalue weighted by molar-refractivity contribution is -0.135. The van der Waals surface area contributed by atoms with Crippen LogP contribution >= 0.6 is 0 Å². The van der Waals surface area contributed by atoms with Crippen LogP contribution in [0.25, 0.3) is 0 Å². The molecule has 0 atom stereocenters. The summed E-state index contributed by atoms with van der Waals surface area (Å²) in [5, 5.41) is 8.80. The van der Waals surface area contributed by atoms with Crippen molar-refractivity contribution in [3.8, 4) is 11.8 Å². The number of unbranched alkanes of at least 4 members (excludes halogenated alkanes) is 1. The summed E-state index contributed by atoms with van der Waals surface area (Å²) in [6, 6.07) is 1.02. The van der Waals surface area contributed by atoms with Gasteiger partial charge in [0, 0.05) is 25.2 Å². The zero-order valence-electron chi connectivity index (χ0n) is 12.2. The van der Waals surface area contributed by atoms with Crippen LogP contribution in [0.1, 0.15) is 12.8 Å². The van der Waals surface area contributed by atoms with Gasteiger partial charge in [-0.3, -0.25) is 4.99 Å². The van der Waals surface area contributed by atoms with Crippen LogP contribution in [0.2, 0.25) is 25.7 Å². The van der Waals surface area contributed by atoms with Crippen LogP contribution in [0.4, 0.5) is 0 Å².